The van der Waals surface area contributed by atoms with Crippen LogP contribution < -0.4 is 4.84 Å². The number of carbonyl (C=O) groups is 1. The van der Waals surface area contributed by atoms with Crippen LogP contribution >= 0.6 is 0 Å². The average molecular weight is 353 g/mol. The zero-order chi connectivity index (χ0) is 14.3. The quantitative estimate of drug-likeness (QED) is 0.198. The Labute approximate surface area is 142 Å². The van der Waals surface area contributed by atoms with Crippen LogP contribution in [0.25, 0.3) is 5.57 Å². The van der Waals surface area contributed by atoms with E-state index in [9.17, 15) is 4.79 Å². The molecule has 0 aromatic carbocycles. The maximum Gasteiger partial charge on any atom is 0.341 e. The van der Waals surface area contributed by atoms with E-state index in [1.54, 1.807) is 13.8 Å². The normalized spacial score (nSPS) is 10.9. The molecule has 0 aliphatic heterocycles. The summed E-state index contributed by atoms with van der Waals surface area (Å²) in [5.41, 5.74) is 1.03. The molecule has 0 unspecified atom stereocenters. The van der Waals surface area contributed by atoms with E-state index in [-0.39, 0.29) is 44.2 Å². The molecule has 1 aromatic heterocycles. The van der Waals surface area contributed by atoms with Gasteiger partial charge in [-0.3, -0.25) is 0 Å². The molecule has 20 heavy (non-hydrogen) atoms. The molecule has 0 aliphatic rings. The predicted molar refractivity (Wildman–Crippen MR) is 67.5 cm³/mol. The van der Waals surface area contributed by atoms with Crippen LogP contribution in [0.1, 0.15) is 18.2 Å². The number of rotatable bonds is 5. The van der Waals surface area contributed by atoms with Crippen LogP contribution in [-0.4, -0.2) is 36.4 Å². The molecule has 1 heterocycles. The first kappa shape index (κ1) is 18.7. The first-order valence-electron chi connectivity index (χ1n) is 5.32. The number of methoxy groups -OCH3 is 2. The van der Waals surface area contributed by atoms with Gasteiger partial charge < -0.3 is 25.7 Å². The van der Waals surface area contributed by atoms with Crippen molar-refractivity contribution in [3.05, 3.63) is 23.8 Å². The number of aryl methyl sites for hydroxylation is 1. The molecule has 8 heteroatoms. The average Bonchev–Trinajstić information content (AvgIpc) is 2.42. The van der Waals surface area contributed by atoms with Crippen LogP contribution in [0.5, 0.6) is 5.88 Å². The van der Waals surface area contributed by atoms with Crippen LogP contribution in [0.15, 0.2) is 17.7 Å². The third-order valence-corrected chi connectivity index (χ3v) is 2.14. The van der Waals surface area contributed by atoms with Crippen molar-refractivity contribution < 1.29 is 51.8 Å². The molecular formula is C12H14N3O4Y-. The van der Waals surface area contributed by atoms with Crippen LogP contribution in [0.4, 0.5) is 0 Å². The Morgan fingerprint density at radius 2 is 2.10 bits per heavy atom. The van der Waals surface area contributed by atoms with Crippen molar-refractivity contribution >= 4 is 17.8 Å². The second kappa shape index (κ2) is 9.55. The summed E-state index contributed by atoms with van der Waals surface area (Å²) in [6.07, 6.45) is 5.00. The summed E-state index contributed by atoms with van der Waals surface area (Å²) in [5.74, 6) is -0.468. The van der Waals surface area contributed by atoms with Gasteiger partial charge in [0.05, 0.1) is 31.7 Å². The number of carbonyl (C=O) groups excluding carboxylic acids is 1. The molecule has 0 N–H and O–H groups in total. The van der Waals surface area contributed by atoms with Crippen molar-refractivity contribution in [2.45, 2.75) is 13.8 Å². The molecule has 0 aliphatic carbocycles. The summed E-state index contributed by atoms with van der Waals surface area (Å²) >= 11 is 0. The fourth-order valence-corrected chi connectivity index (χ4v) is 1.36. The van der Waals surface area contributed by atoms with Gasteiger partial charge >= 0.3 is 5.97 Å². The standard InChI is InChI=1S/C12H14N3O4.Y/c1-5-15-19-11-10(8(2)13-7-14-11)9(6-17-3)12(16)18-4;/h6-7H,1-4H3;/q-1;/b9-6+;. The minimum Gasteiger partial charge on any atom is -0.503 e. The fraction of sp³-hybridized carbons (Fsp3) is 0.333. The molecule has 0 saturated carbocycles. The molecular weight excluding hydrogens is 339 g/mol. The van der Waals surface area contributed by atoms with Crippen molar-refractivity contribution in [1.29, 1.82) is 0 Å². The Morgan fingerprint density at radius 3 is 2.65 bits per heavy atom. The minimum absolute atomic E-state index is 0. The SMILES string of the molecule is C[C-]=NOc1ncnc(C)c1/C(=C\OC)C(=O)OC.[Y]. The van der Waals surface area contributed by atoms with Crippen molar-refractivity contribution in [2.24, 2.45) is 5.16 Å². The molecule has 0 fully saturated rings. The maximum atomic E-state index is 11.8. The number of ether oxygens (including phenoxy) is 2. The molecule has 105 valence electrons. The van der Waals surface area contributed by atoms with Gasteiger partial charge in [0, 0.05) is 32.7 Å². The Morgan fingerprint density at radius 1 is 1.40 bits per heavy atom. The molecule has 0 amide bonds. The molecule has 1 radical (unpaired) electrons. The van der Waals surface area contributed by atoms with Crippen LogP contribution in [0, 0.1) is 6.92 Å². The van der Waals surface area contributed by atoms with E-state index in [0.717, 1.165) is 0 Å². The molecule has 0 spiro atoms. The summed E-state index contributed by atoms with van der Waals surface area (Å²) in [6, 6.07) is 0. The molecule has 7 nitrogen and oxygen atoms in total. The van der Waals surface area contributed by atoms with Gasteiger partial charge in [0.25, 0.3) is 5.88 Å². The Bertz CT molecular complexity index is 517. The molecule has 0 atom stereocenters. The van der Waals surface area contributed by atoms with E-state index in [1.165, 1.54) is 26.8 Å². The Hall–Kier alpha value is -1.34. The van der Waals surface area contributed by atoms with E-state index >= 15 is 0 Å². The first-order valence-corrected chi connectivity index (χ1v) is 5.32. The van der Waals surface area contributed by atoms with Gasteiger partial charge in [-0.15, -0.1) is 0 Å². The molecule has 0 bridgehead atoms. The van der Waals surface area contributed by atoms with Gasteiger partial charge in [-0.2, -0.15) is 11.9 Å². The van der Waals surface area contributed by atoms with E-state index < -0.39 is 5.97 Å². The number of nitrogens with zero attached hydrogens (tertiary/aromatic N) is 3. The van der Waals surface area contributed by atoms with Crippen LogP contribution in [0.3, 0.4) is 0 Å². The van der Waals surface area contributed by atoms with Gasteiger partial charge in [-0.05, 0) is 6.92 Å². The van der Waals surface area contributed by atoms with Gasteiger partial charge in [0.15, 0.2) is 0 Å². The van der Waals surface area contributed by atoms with Crippen molar-refractivity contribution in [3.63, 3.8) is 0 Å². The van der Waals surface area contributed by atoms with Gasteiger partial charge in [-0.25, -0.2) is 9.78 Å². The summed E-state index contributed by atoms with van der Waals surface area (Å²) in [4.78, 5) is 24.7. The van der Waals surface area contributed by atoms with Crippen LogP contribution in [-0.2, 0) is 47.0 Å². The second-order valence-electron chi connectivity index (χ2n) is 3.30. The van der Waals surface area contributed by atoms with Gasteiger partial charge in [0.2, 0.25) is 0 Å². The number of hydrogen-bond donors (Lipinski definition) is 0. The minimum atomic E-state index is -0.589. The van der Waals surface area contributed by atoms with E-state index in [2.05, 4.69) is 26.1 Å². The predicted octanol–water partition coefficient (Wildman–Crippen LogP) is 1.20. The topological polar surface area (TPSA) is 82.9 Å². The van der Waals surface area contributed by atoms with E-state index in [0.29, 0.717) is 11.3 Å². The second-order valence-corrected chi connectivity index (χ2v) is 3.30. The summed E-state index contributed by atoms with van der Waals surface area (Å²) in [7, 11) is 2.68. The largest absolute Gasteiger partial charge is 0.503 e. The first-order chi connectivity index (χ1) is 9.15. The van der Waals surface area contributed by atoms with Crippen LogP contribution in [0.2, 0.25) is 0 Å². The smallest absolute Gasteiger partial charge is 0.341 e. The van der Waals surface area contributed by atoms with Crippen molar-refractivity contribution in [1.82, 2.24) is 9.97 Å². The summed E-state index contributed by atoms with van der Waals surface area (Å²) < 4.78 is 9.56. The third kappa shape index (κ3) is 4.65. The third-order valence-electron chi connectivity index (χ3n) is 2.14. The van der Waals surface area contributed by atoms with E-state index in [4.69, 9.17) is 9.57 Å². The van der Waals surface area contributed by atoms with E-state index in [1.807, 2.05) is 0 Å². The Balaban J connectivity index is 0.00000361. The zero-order valence-electron chi connectivity index (χ0n) is 11.7. The number of esters is 1. The number of hydrogen-bond acceptors (Lipinski definition) is 7. The van der Waals surface area contributed by atoms with Crippen molar-refractivity contribution in [2.75, 3.05) is 14.2 Å². The summed E-state index contributed by atoms with van der Waals surface area (Å²) in [6.45, 7) is 3.27. The molecule has 0 saturated heterocycles. The van der Waals surface area contributed by atoms with Gasteiger partial charge in [0.1, 0.15) is 11.9 Å². The molecule has 1 aromatic rings. The monoisotopic (exact) mass is 353 g/mol. The fourth-order valence-electron chi connectivity index (χ4n) is 1.36. The maximum absolute atomic E-state index is 11.8. The zero-order valence-corrected chi connectivity index (χ0v) is 14.5. The van der Waals surface area contributed by atoms with Crippen molar-refractivity contribution in [3.8, 4) is 5.88 Å². The van der Waals surface area contributed by atoms with Gasteiger partial charge in [-0.1, -0.05) is 0 Å². The summed E-state index contributed by atoms with van der Waals surface area (Å²) in [5, 5.41) is 3.51. The molecule has 1 rings (SSSR count). The Kier molecular flexibility index (Phi) is 8.91. The number of aromatic nitrogens is 2.